The molecule has 0 saturated heterocycles. The van der Waals surface area contributed by atoms with Crippen LogP contribution >= 0.6 is 11.3 Å². The number of halogens is 1. The smallest absolute Gasteiger partial charge is 0.282 e. The third-order valence-corrected chi connectivity index (χ3v) is 4.90. The third-order valence-electron chi connectivity index (χ3n) is 4.08. The lowest BCUT2D eigenvalue weighted by atomic mass is 10.1. The second kappa shape index (κ2) is 6.77. The largest absolute Gasteiger partial charge is 0.508 e. The fourth-order valence-corrected chi connectivity index (χ4v) is 3.45. The van der Waals surface area contributed by atoms with Crippen molar-refractivity contribution in [3.63, 3.8) is 0 Å². The van der Waals surface area contributed by atoms with Gasteiger partial charge in [0.25, 0.3) is 5.91 Å². The molecular formula is C20H14FN3O2S. The van der Waals surface area contributed by atoms with Crippen LogP contribution in [0.25, 0.3) is 17.3 Å². The van der Waals surface area contributed by atoms with Crippen molar-refractivity contribution in [1.82, 2.24) is 4.98 Å². The minimum atomic E-state index is -0.312. The van der Waals surface area contributed by atoms with Crippen LogP contribution in [0.4, 0.5) is 9.52 Å². The summed E-state index contributed by atoms with van der Waals surface area (Å²) in [5.41, 5.74) is 3.28. The molecule has 7 heteroatoms. The normalized spacial score (nSPS) is 15.5. The van der Waals surface area contributed by atoms with Gasteiger partial charge in [0.2, 0.25) is 5.13 Å². The van der Waals surface area contributed by atoms with Gasteiger partial charge >= 0.3 is 0 Å². The molecular weight excluding hydrogens is 365 g/mol. The summed E-state index contributed by atoms with van der Waals surface area (Å²) >= 11 is 1.29. The quantitative estimate of drug-likeness (QED) is 0.683. The first kappa shape index (κ1) is 17.1. The number of amides is 1. The summed E-state index contributed by atoms with van der Waals surface area (Å²) < 4.78 is 13.1. The second-order valence-corrected chi connectivity index (χ2v) is 6.81. The first-order valence-electron chi connectivity index (χ1n) is 8.13. The highest BCUT2D eigenvalue weighted by atomic mass is 32.1. The van der Waals surface area contributed by atoms with E-state index in [1.54, 1.807) is 49.4 Å². The summed E-state index contributed by atoms with van der Waals surface area (Å²) in [7, 11) is 0. The summed E-state index contributed by atoms with van der Waals surface area (Å²) in [5.74, 6) is -0.410. The fourth-order valence-electron chi connectivity index (χ4n) is 2.67. The molecule has 134 valence electrons. The lowest BCUT2D eigenvalue weighted by molar-refractivity contribution is -0.114. The fraction of sp³-hybridized carbons (Fsp3) is 0.0500. The average Bonchev–Trinajstić information content (AvgIpc) is 3.24. The van der Waals surface area contributed by atoms with E-state index in [2.05, 4.69) is 10.1 Å². The van der Waals surface area contributed by atoms with E-state index in [0.717, 1.165) is 11.1 Å². The summed E-state index contributed by atoms with van der Waals surface area (Å²) in [6.45, 7) is 1.76. The van der Waals surface area contributed by atoms with Gasteiger partial charge in [-0.15, -0.1) is 11.3 Å². The summed E-state index contributed by atoms with van der Waals surface area (Å²) in [4.78, 5) is 17.3. The Morgan fingerprint density at radius 1 is 1.11 bits per heavy atom. The van der Waals surface area contributed by atoms with Gasteiger partial charge in [0.05, 0.1) is 17.0 Å². The van der Waals surface area contributed by atoms with Crippen LogP contribution in [-0.2, 0) is 4.79 Å². The number of rotatable bonds is 3. The van der Waals surface area contributed by atoms with Crippen LogP contribution in [-0.4, -0.2) is 21.7 Å². The predicted molar refractivity (Wildman–Crippen MR) is 104 cm³/mol. The molecule has 0 atom stereocenters. The molecule has 2 aromatic carbocycles. The molecule has 1 aromatic heterocycles. The van der Waals surface area contributed by atoms with Gasteiger partial charge in [0.1, 0.15) is 11.6 Å². The Kier molecular flexibility index (Phi) is 4.29. The number of hydrazone groups is 1. The molecule has 0 radical (unpaired) electrons. The number of carbonyl (C=O) groups excluding carboxylic acids is 1. The van der Waals surface area contributed by atoms with Crippen molar-refractivity contribution in [3.05, 3.63) is 70.9 Å². The van der Waals surface area contributed by atoms with E-state index >= 15 is 0 Å². The Labute approximate surface area is 158 Å². The number of thiazole rings is 1. The number of phenolic OH excluding ortho intramolecular Hbond substituents is 1. The number of phenols is 1. The van der Waals surface area contributed by atoms with Crippen LogP contribution in [0.3, 0.4) is 0 Å². The first-order valence-corrected chi connectivity index (χ1v) is 9.01. The Hall–Kier alpha value is -3.32. The monoisotopic (exact) mass is 379 g/mol. The highest BCUT2D eigenvalue weighted by molar-refractivity contribution is 7.14. The van der Waals surface area contributed by atoms with Crippen molar-refractivity contribution in [2.45, 2.75) is 6.92 Å². The van der Waals surface area contributed by atoms with Gasteiger partial charge in [-0.1, -0.05) is 12.1 Å². The van der Waals surface area contributed by atoms with Crippen molar-refractivity contribution in [2.24, 2.45) is 5.10 Å². The van der Waals surface area contributed by atoms with E-state index in [4.69, 9.17) is 0 Å². The molecule has 1 aliphatic heterocycles. The van der Waals surface area contributed by atoms with Gasteiger partial charge in [-0.2, -0.15) is 10.1 Å². The van der Waals surface area contributed by atoms with Gasteiger partial charge in [-0.3, -0.25) is 4.79 Å². The van der Waals surface area contributed by atoms with E-state index in [-0.39, 0.29) is 17.5 Å². The van der Waals surface area contributed by atoms with Crippen molar-refractivity contribution in [2.75, 3.05) is 5.01 Å². The van der Waals surface area contributed by atoms with Crippen molar-refractivity contribution < 1.29 is 14.3 Å². The minimum absolute atomic E-state index is 0.165. The Morgan fingerprint density at radius 3 is 2.52 bits per heavy atom. The van der Waals surface area contributed by atoms with E-state index in [9.17, 15) is 14.3 Å². The predicted octanol–water partition coefficient (Wildman–Crippen LogP) is 4.46. The molecule has 27 heavy (non-hydrogen) atoms. The number of hydrogen-bond acceptors (Lipinski definition) is 5. The van der Waals surface area contributed by atoms with Gasteiger partial charge in [0, 0.05) is 10.9 Å². The molecule has 5 nitrogen and oxygen atoms in total. The summed E-state index contributed by atoms with van der Waals surface area (Å²) in [5, 5.41) is 17.2. The number of aromatic hydroxyl groups is 1. The maximum Gasteiger partial charge on any atom is 0.282 e. The van der Waals surface area contributed by atoms with Crippen LogP contribution in [0.1, 0.15) is 12.5 Å². The molecule has 3 aromatic rings. The lowest BCUT2D eigenvalue weighted by Gasteiger charge is -2.07. The molecule has 4 rings (SSSR count). The Morgan fingerprint density at radius 2 is 1.81 bits per heavy atom. The minimum Gasteiger partial charge on any atom is -0.508 e. The number of benzene rings is 2. The SMILES string of the molecule is CC1=NN(c2nc(-c3ccc(F)cc3)cs2)C(=O)/C1=C/c1ccc(O)cc1. The maximum absolute atomic E-state index is 13.1. The first-order chi connectivity index (χ1) is 13.0. The number of aromatic nitrogens is 1. The van der Waals surface area contributed by atoms with Crippen LogP contribution in [0.2, 0.25) is 0 Å². The van der Waals surface area contributed by atoms with E-state index in [1.807, 2.05) is 5.38 Å². The maximum atomic E-state index is 13.1. The molecule has 2 heterocycles. The molecule has 0 aliphatic carbocycles. The zero-order chi connectivity index (χ0) is 19.0. The molecule has 0 spiro atoms. The molecule has 1 aliphatic rings. The number of anilines is 1. The number of carbonyl (C=O) groups is 1. The molecule has 1 N–H and O–H groups in total. The topological polar surface area (TPSA) is 65.8 Å². The average molecular weight is 379 g/mol. The van der Waals surface area contributed by atoms with Crippen LogP contribution in [0.5, 0.6) is 5.75 Å². The van der Waals surface area contributed by atoms with Gasteiger partial charge in [-0.25, -0.2) is 9.37 Å². The van der Waals surface area contributed by atoms with E-state index < -0.39 is 0 Å². The van der Waals surface area contributed by atoms with Gasteiger partial charge in [0.15, 0.2) is 0 Å². The second-order valence-electron chi connectivity index (χ2n) is 5.97. The van der Waals surface area contributed by atoms with Crippen molar-refractivity contribution >= 4 is 34.2 Å². The standard InChI is InChI=1S/C20H14FN3O2S/c1-12-17(10-13-2-8-16(25)9-3-13)19(26)24(23-12)20-22-18(11-27-20)14-4-6-15(21)7-5-14/h2-11,25H,1H3/b17-10+. The zero-order valence-corrected chi connectivity index (χ0v) is 15.1. The lowest BCUT2D eigenvalue weighted by Crippen LogP contribution is -2.21. The van der Waals surface area contributed by atoms with Gasteiger partial charge in [-0.05, 0) is 55.0 Å². The Bertz CT molecular complexity index is 1070. The van der Waals surface area contributed by atoms with Crippen LogP contribution in [0, 0.1) is 5.82 Å². The zero-order valence-electron chi connectivity index (χ0n) is 14.3. The van der Waals surface area contributed by atoms with Crippen LogP contribution in [0.15, 0.2) is 64.6 Å². The summed E-state index contributed by atoms with van der Waals surface area (Å²) in [6.07, 6.45) is 1.73. The summed E-state index contributed by atoms with van der Waals surface area (Å²) in [6, 6.07) is 12.6. The van der Waals surface area contributed by atoms with Crippen LogP contribution < -0.4 is 5.01 Å². The highest BCUT2D eigenvalue weighted by Crippen LogP contribution is 2.31. The molecule has 0 saturated carbocycles. The van der Waals surface area contributed by atoms with E-state index in [1.165, 1.54) is 28.5 Å². The number of hydrogen-bond donors (Lipinski definition) is 1. The Balaban J connectivity index is 1.61. The van der Waals surface area contributed by atoms with Crippen molar-refractivity contribution in [1.29, 1.82) is 0 Å². The highest BCUT2D eigenvalue weighted by Gasteiger charge is 2.30. The number of nitrogens with zero attached hydrogens (tertiary/aromatic N) is 3. The molecule has 0 unspecified atom stereocenters. The van der Waals surface area contributed by atoms with Crippen molar-refractivity contribution in [3.8, 4) is 17.0 Å². The molecule has 0 bridgehead atoms. The molecule has 0 fully saturated rings. The molecule has 1 amide bonds. The van der Waals surface area contributed by atoms with E-state index in [0.29, 0.717) is 22.1 Å². The third kappa shape index (κ3) is 3.37. The van der Waals surface area contributed by atoms with Gasteiger partial charge < -0.3 is 5.11 Å².